The largest absolute Gasteiger partial charge is 0.431 e. The van der Waals surface area contributed by atoms with Crippen molar-refractivity contribution < 1.29 is 13.2 Å². The van der Waals surface area contributed by atoms with E-state index >= 15 is 0 Å². The maximum absolute atomic E-state index is 12.3. The molecule has 0 aromatic rings. The van der Waals surface area contributed by atoms with E-state index in [1.165, 1.54) is 6.08 Å². The average Bonchev–Trinajstić information content (AvgIpc) is 2.10. The molecule has 1 nitrogen and oxygen atoms in total. The second kappa shape index (κ2) is 4.57. The Morgan fingerprint density at radius 3 is 2.67 bits per heavy atom. The number of hydrogen-bond donors (Lipinski definition) is 1. The molecule has 2 unspecified atom stereocenters. The van der Waals surface area contributed by atoms with Crippen molar-refractivity contribution in [2.75, 3.05) is 7.05 Å². The van der Waals surface area contributed by atoms with Crippen molar-refractivity contribution in [1.29, 1.82) is 0 Å². The lowest BCUT2D eigenvalue weighted by molar-refractivity contribution is -0.0870. The van der Waals surface area contributed by atoms with Gasteiger partial charge in [-0.15, -0.1) is 5.73 Å². The molecule has 0 aromatic heterocycles. The Hall–Kier alpha value is -1.17. The SMILES string of the molecule is CNC1C#CC(C(F)(F)F)=C=CCC1C. The van der Waals surface area contributed by atoms with Crippen LogP contribution in [0.4, 0.5) is 13.2 Å². The molecule has 0 saturated heterocycles. The number of nitrogens with one attached hydrogen (secondary N) is 1. The maximum Gasteiger partial charge on any atom is 0.431 e. The van der Waals surface area contributed by atoms with Crippen molar-refractivity contribution >= 4 is 0 Å². The summed E-state index contributed by atoms with van der Waals surface area (Å²) in [6.07, 6.45) is -2.45. The van der Waals surface area contributed by atoms with Crippen LogP contribution in [0.15, 0.2) is 17.4 Å². The van der Waals surface area contributed by atoms with Gasteiger partial charge in [0.05, 0.1) is 6.04 Å². The van der Waals surface area contributed by atoms with E-state index < -0.39 is 11.7 Å². The third-order valence-electron chi connectivity index (χ3n) is 2.25. The molecule has 0 radical (unpaired) electrons. The molecule has 15 heavy (non-hydrogen) atoms. The minimum Gasteiger partial charge on any atom is -0.307 e. The standard InChI is InChI=1S/C11H12F3N/c1-8-4-3-5-9(11(12,13)14)6-7-10(8)15-2/h3,8,10,15H,4H2,1-2H3. The fourth-order valence-corrected chi connectivity index (χ4v) is 1.32. The second-order valence-electron chi connectivity index (χ2n) is 3.47. The molecule has 1 aliphatic carbocycles. The first-order chi connectivity index (χ1) is 6.95. The Morgan fingerprint density at radius 2 is 2.13 bits per heavy atom. The van der Waals surface area contributed by atoms with Gasteiger partial charge in [-0.25, -0.2) is 0 Å². The third-order valence-corrected chi connectivity index (χ3v) is 2.25. The number of allylic oxidation sites excluding steroid dienone is 1. The average molecular weight is 215 g/mol. The van der Waals surface area contributed by atoms with Gasteiger partial charge in [-0.3, -0.25) is 0 Å². The number of rotatable bonds is 1. The molecule has 0 amide bonds. The predicted molar refractivity (Wildman–Crippen MR) is 52.1 cm³/mol. The van der Waals surface area contributed by atoms with Crippen LogP contribution in [-0.2, 0) is 0 Å². The molecule has 4 heteroatoms. The van der Waals surface area contributed by atoms with Gasteiger partial charge in [-0.1, -0.05) is 18.8 Å². The van der Waals surface area contributed by atoms with Gasteiger partial charge < -0.3 is 5.32 Å². The first kappa shape index (κ1) is 11.9. The first-order valence-electron chi connectivity index (χ1n) is 4.66. The molecule has 0 aromatic carbocycles. The predicted octanol–water partition coefficient (Wildman–Crippen LogP) is 2.26. The summed E-state index contributed by atoms with van der Waals surface area (Å²) < 4.78 is 37.0. The van der Waals surface area contributed by atoms with Crippen LogP contribution in [0, 0.1) is 17.8 Å². The van der Waals surface area contributed by atoms with Crippen molar-refractivity contribution in [2.45, 2.75) is 25.6 Å². The minimum absolute atomic E-state index is 0.185. The monoisotopic (exact) mass is 215 g/mol. The fourth-order valence-electron chi connectivity index (χ4n) is 1.32. The van der Waals surface area contributed by atoms with Gasteiger partial charge in [-0.05, 0) is 25.5 Å². The third kappa shape index (κ3) is 3.16. The lowest BCUT2D eigenvalue weighted by Crippen LogP contribution is -2.30. The van der Waals surface area contributed by atoms with Crippen LogP contribution in [-0.4, -0.2) is 19.3 Å². The van der Waals surface area contributed by atoms with Crippen molar-refractivity contribution in [3.05, 3.63) is 17.4 Å². The number of halogens is 3. The molecular weight excluding hydrogens is 203 g/mol. The zero-order valence-electron chi connectivity index (χ0n) is 8.57. The van der Waals surface area contributed by atoms with Crippen LogP contribution in [0.5, 0.6) is 0 Å². The second-order valence-corrected chi connectivity index (χ2v) is 3.47. The zero-order chi connectivity index (χ0) is 11.5. The summed E-state index contributed by atoms with van der Waals surface area (Å²) in [5.41, 5.74) is 1.31. The molecule has 1 N–H and O–H groups in total. The first-order valence-corrected chi connectivity index (χ1v) is 4.66. The van der Waals surface area contributed by atoms with Crippen molar-refractivity contribution in [3.8, 4) is 11.8 Å². The normalized spacial score (nSPS) is 26.1. The highest BCUT2D eigenvalue weighted by atomic mass is 19.4. The lowest BCUT2D eigenvalue weighted by Gasteiger charge is -2.17. The molecule has 0 fully saturated rings. The molecular formula is C11H12F3N. The quantitative estimate of drug-likeness (QED) is 0.522. The highest BCUT2D eigenvalue weighted by Crippen LogP contribution is 2.25. The zero-order valence-corrected chi connectivity index (χ0v) is 8.57. The fraction of sp³-hybridized carbons (Fsp3) is 0.545. The molecule has 2 atom stereocenters. The van der Waals surface area contributed by atoms with Gasteiger partial charge in [0.1, 0.15) is 5.57 Å². The molecule has 0 saturated carbocycles. The summed E-state index contributed by atoms with van der Waals surface area (Å²) in [4.78, 5) is 0. The van der Waals surface area contributed by atoms with E-state index in [1.807, 2.05) is 6.92 Å². The summed E-state index contributed by atoms with van der Waals surface area (Å²) in [5, 5.41) is 2.89. The Balaban J connectivity index is 3.03. The number of alkyl halides is 3. The Kier molecular flexibility index (Phi) is 3.62. The lowest BCUT2D eigenvalue weighted by atomic mass is 9.97. The molecule has 1 rings (SSSR count). The summed E-state index contributed by atoms with van der Waals surface area (Å²) in [5.74, 6) is 4.89. The van der Waals surface area contributed by atoms with Crippen molar-refractivity contribution in [2.24, 2.45) is 5.92 Å². The van der Waals surface area contributed by atoms with E-state index in [0.717, 1.165) is 0 Å². The summed E-state index contributed by atoms with van der Waals surface area (Å²) >= 11 is 0. The molecule has 82 valence electrons. The summed E-state index contributed by atoms with van der Waals surface area (Å²) in [6, 6.07) is -0.208. The van der Waals surface area contributed by atoms with Crippen molar-refractivity contribution in [3.63, 3.8) is 0 Å². The van der Waals surface area contributed by atoms with Gasteiger partial charge in [0.2, 0.25) is 0 Å². The van der Waals surface area contributed by atoms with Crippen LogP contribution in [0.2, 0.25) is 0 Å². The van der Waals surface area contributed by atoms with Crippen molar-refractivity contribution in [1.82, 2.24) is 5.32 Å². The van der Waals surface area contributed by atoms with Gasteiger partial charge in [-0.2, -0.15) is 13.2 Å². The van der Waals surface area contributed by atoms with E-state index in [4.69, 9.17) is 0 Å². The van der Waals surface area contributed by atoms with E-state index in [0.29, 0.717) is 6.42 Å². The molecule has 1 aliphatic rings. The van der Waals surface area contributed by atoms with E-state index in [2.05, 4.69) is 22.9 Å². The Morgan fingerprint density at radius 1 is 1.47 bits per heavy atom. The summed E-state index contributed by atoms with van der Waals surface area (Å²) in [6.45, 7) is 1.94. The van der Waals surface area contributed by atoms with Gasteiger partial charge in [0, 0.05) is 0 Å². The van der Waals surface area contributed by atoms with Gasteiger partial charge in [0.25, 0.3) is 0 Å². The van der Waals surface area contributed by atoms with E-state index in [9.17, 15) is 13.2 Å². The Labute approximate surface area is 87.0 Å². The Bertz CT molecular complexity index is 350. The maximum atomic E-state index is 12.3. The van der Waals surface area contributed by atoms with Crippen LogP contribution in [0.3, 0.4) is 0 Å². The van der Waals surface area contributed by atoms with Crippen LogP contribution < -0.4 is 5.32 Å². The van der Waals surface area contributed by atoms with E-state index in [1.54, 1.807) is 7.05 Å². The van der Waals surface area contributed by atoms with E-state index in [-0.39, 0.29) is 12.0 Å². The molecule has 0 heterocycles. The summed E-state index contributed by atoms with van der Waals surface area (Å²) in [7, 11) is 1.69. The molecule has 0 spiro atoms. The highest BCUT2D eigenvalue weighted by Gasteiger charge is 2.33. The molecule has 0 aliphatic heterocycles. The van der Waals surface area contributed by atoms with Crippen LogP contribution >= 0.6 is 0 Å². The van der Waals surface area contributed by atoms with Crippen LogP contribution in [0.1, 0.15) is 13.3 Å². The van der Waals surface area contributed by atoms with Crippen LogP contribution in [0.25, 0.3) is 0 Å². The minimum atomic E-state index is -4.40. The van der Waals surface area contributed by atoms with Gasteiger partial charge >= 0.3 is 6.18 Å². The topological polar surface area (TPSA) is 12.0 Å². The smallest absolute Gasteiger partial charge is 0.307 e. The van der Waals surface area contributed by atoms with Gasteiger partial charge in [0.15, 0.2) is 0 Å². The number of hydrogen-bond acceptors (Lipinski definition) is 1. The molecule has 0 bridgehead atoms. The highest BCUT2D eigenvalue weighted by molar-refractivity contribution is 5.34.